The lowest BCUT2D eigenvalue weighted by Crippen LogP contribution is -2.52. The molecule has 25 heavy (non-hydrogen) atoms. The number of piperazine rings is 1. The van der Waals surface area contributed by atoms with Crippen molar-refractivity contribution in [1.29, 1.82) is 0 Å². The minimum Gasteiger partial charge on any atom is -0.459 e. The third kappa shape index (κ3) is 3.47. The number of hydrogen-bond acceptors (Lipinski definition) is 7. The Morgan fingerprint density at radius 3 is 2.44 bits per heavy atom. The van der Waals surface area contributed by atoms with Crippen molar-refractivity contribution in [3.8, 4) is 11.7 Å². The van der Waals surface area contributed by atoms with E-state index in [1.807, 2.05) is 0 Å². The number of hydrogen-bond donors (Lipinski definition) is 0. The second kappa shape index (κ2) is 6.87. The van der Waals surface area contributed by atoms with Gasteiger partial charge in [-0.05, 0) is 25.0 Å². The van der Waals surface area contributed by atoms with Crippen LogP contribution in [0.1, 0.15) is 18.7 Å². The van der Waals surface area contributed by atoms with Crippen LogP contribution < -0.4 is 0 Å². The van der Waals surface area contributed by atoms with Gasteiger partial charge < -0.3 is 8.94 Å². The van der Waals surface area contributed by atoms with E-state index in [2.05, 4.69) is 15.0 Å². The summed E-state index contributed by atoms with van der Waals surface area (Å²) in [5.74, 6) is 1.47. The minimum absolute atomic E-state index is 0.357. The first-order valence-corrected chi connectivity index (χ1v) is 9.87. The molecule has 0 saturated carbocycles. The number of rotatable bonds is 5. The number of aromatic nitrogens is 2. The van der Waals surface area contributed by atoms with Gasteiger partial charge in [0.1, 0.15) is 0 Å². The van der Waals surface area contributed by atoms with Crippen molar-refractivity contribution in [2.45, 2.75) is 19.4 Å². The maximum atomic E-state index is 12.6. The molecule has 4 rings (SSSR count). The molecule has 4 heterocycles. The van der Waals surface area contributed by atoms with E-state index in [0.29, 0.717) is 63.3 Å². The zero-order valence-corrected chi connectivity index (χ0v) is 14.7. The van der Waals surface area contributed by atoms with Crippen LogP contribution in [0.4, 0.5) is 0 Å². The Morgan fingerprint density at radius 1 is 1.04 bits per heavy atom. The first-order valence-electron chi connectivity index (χ1n) is 8.47. The Hall–Kier alpha value is -1.75. The summed E-state index contributed by atoms with van der Waals surface area (Å²) in [5.41, 5.74) is 0. The first kappa shape index (κ1) is 16.7. The molecule has 10 heteroatoms. The fraction of sp³-hybridized carbons (Fsp3) is 0.600. The lowest BCUT2D eigenvalue weighted by molar-refractivity contribution is 0.171. The van der Waals surface area contributed by atoms with Gasteiger partial charge in [-0.2, -0.15) is 22.0 Å². The molecule has 0 spiro atoms. The van der Waals surface area contributed by atoms with Crippen LogP contribution in [0.3, 0.4) is 0 Å². The van der Waals surface area contributed by atoms with Crippen LogP contribution in [0, 0.1) is 0 Å². The molecule has 2 aliphatic heterocycles. The van der Waals surface area contributed by atoms with E-state index in [-0.39, 0.29) is 0 Å². The highest BCUT2D eigenvalue weighted by Gasteiger charge is 2.33. The summed E-state index contributed by atoms with van der Waals surface area (Å²) in [4.78, 5) is 6.46. The highest BCUT2D eigenvalue weighted by atomic mass is 32.2. The van der Waals surface area contributed by atoms with Gasteiger partial charge >= 0.3 is 0 Å². The van der Waals surface area contributed by atoms with Gasteiger partial charge in [-0.25, -0.2) is 0 Å². The van der Waals surface area contributed by atoms with Gasteiger partial charge in [0.25, 0.3) is 16.1 Å². The summed E-state index contributed by atoms with van der Waals surface area (Å²) in [6.45, 7) is 4.09. The zero-order chi connectivity index (χ0) is 17.3. The molecule has 2 aromatic heterocycles. The fourth-order valence-electron chi connectivity index (χ4n) is 3.22. The van der Waals surface area contributed by atoms with Crippen LogP contribution >= 0.6 is 0 Å². The Labute approximate surface area is 146 Å². The normalized spacial score (nSPS) is 21.1. The van der Waals surface area contributed by atoms with Crippen molar-refractivity contribution in [1.82, 2.24) is 23.7 Å². The van der Waals surface area contributed by atoms with Crippen molar-refractivity contribution >= 4 is 10.2 Å². The molecule has 0 amide bonds. The largest absolute Gasteiger partial charge is 0.459 e. The van der Waals surface area contributed by atoms with Crippen molar-refractivity contribution in [2.75, 3.05) is 39.3 Å². The van der Waals surface area contributed by atoms with Crippen LogP contribution in [0.25, 0.3) is 11.7 Å². The van der Waals surface area contributed by atoms with Crippen LogP contribution in [0.15, 0.2) is 27.3 Å². The molecule has 0 N–H and O–H groups in total. The van der Waals surface area contributed by atoms with Crippen LogP contribution in [-0.4, -0.2) is 71.3 Å². The van der Waals surface area contributed by atoms with Gasteiger partial charge in [0.2, 0.25) is 0 Å². The van der Waals surface area contributed by atoms with Crippen LogP contribution in [-0.2, 0) is 16.8 Å². The summed E-state index contributed by atoms with van der Waals surface area (Å²) in [7, 11) is -3.31. The van der Waals surface area contributed by atoms with Gasteiger partial charge in [0.05, 0.1) is 12.8 Å². The smallest absolute Gasteiger partial charge is 0.293 e. The molecule has 0 aliphatic carbocycles. The van der Waals surface area contributed by atoms with Gasteiger partial charge in [0, 0.05) is 39.3 Å². The Balaban J connectivity index is 1.33. The molecule has 2 fully saturated rings. The molecule has 0 bridgehead atoms. The topological polar surface area (TPSA) is 95.9 Å². The van der Waals surface area contributed by atoms with E-state index in [1.165, 1.54) is 0 Å². The average molecular weight is 367 g/mol. The molecule has 2 aliphatic rings. The number of furan rings is 1. The van der Waals surface area contributed by atoms with Crippen molar-refractivity contribution < 1.29 is 17.4 Å². The molecule has 2 saturated heterocycles. The predicted octanol–water partition coefficient (Wildman–Crippen LogP) is 0.788. The molecular weight excluding hydrogens is 346 g/mol. The van der Waals surface area contributed by atoms with Crippen molar-refractivity contribution in [2.24, 2.45) is 0 Å². The lowest BCUT2D eigenvalue weighted by Gasteiger charge is -2.35. The maximum absolute atomic E-state index is 12.6. The summed E-state index contributed by atoms with van der Waals surface area (Å²) in [6.07, 6.45) is 3.46. The average Bonchev–Trinajstić information content (AvgIpc) is 3.37. The summed E-state index contributed by atoms with van der Waals surface area (Å²) in [6, 6.07) is 3.53. The molecule has 2 aromatic rings. The second-order valence-corrected chi connectivity index (χ2v) is 8.21. The minimum atomic E-state index is -3.31. The van der Waals surface area contributed by atoms with E-state index >= 15 is 0 Å². The van der Waals surface area contributed by atoms with E-state index < -0.39 is 10.2 Å². The molecule has 0 radical (unpaired) electrons. The van der Waals surface area contributed by atoms with E-state index in [4.69, 9.17) is 8.94 Å². The first-order chi connectivity index (χ1) is 12.1. The number of nitrogens with zero attached hydrogens (tertiary/aromatic N) is 5. The highest BCUT2D eigenvalue weighted by molar-refractivity contribution is 7.86. The fourth-order valence-corrected chi connectivity index (χ4v) is 4.89. The highest BCUT2D eigenvalue weighted by Crippen LogP contribution is 2.20. The predicted molar refractivity (Wildman–Crippen MR) is 88.6 cm³/mol. The third-order valence-electron chi connectivity index (χ3n) is 4.61. The molecule has 136 valence electrons. The molecule has 0 aromatic carbocycles. The Morgan fingerprint density at radius 2 is 1.76 bits per heavy atom. The maximum Gasteiger partial charge on any atom is 0.293 e. The van der Waals surface area contributed by atoms with Gasteiger partial charge in [-0.3, -0.25) is 4.90 Å². The SMILES string of the molecule is O=S(=O)(N1CCCC1)N1CCN(Cc2noc(-c3ccco3)n2)CC1. The molecule has 0 atom stereocenters. The summed E-state index contributed by atoms with van der Waals surface area (Å²) in [5, 5.41) is 3.97. The second-order valence-electron chi connectivity index (χ2n) is 6.28. The lowest BCUT2D eigenvalue weighted by atomic mass is 10.3. The Kier molecular flexibility index (Phi) is 4.59. The molecule has 9 nitrogen and oxygen atoms in total. The molecule has 0 unspecified atom stereocenters. The van der Waals surface area contributed by atoms with Crippen LogP contribution in [0.5, 0.6) is 0 Å². The standard InChI is InChI=1S/C15H21N5O4S/c21-25(22,19-5-1-2-6-19)20-9-7-18(8-10-20)12-14-16-15(24-17-14)13-4-3-11-23-13/h3-4,11H,1-2,5-10,12H2. The monoisotopic (exact) mass is 367 g/mol. The van der Waals surface area contributed by atoms with Gasteiger partial charge in [0.15, 0.2) is 11.6 Å². The molecular formula is C15H21N5O4S. The zero-order valence-electron chi connectivity index (χ0n) is 13.9. The summed E-state index contributed by atoms with van der Waals surface area (Å²) < 4.78 is 38.8. The van der Waals surface area contributed by atoms with Crippen molar-refractivity contribution in [3.05, 3.63) is 24.2 Å². The van der Waals surface area contributed by atoms with Gasteiger partial charge in [-0.1, -0.05) is 5.16 Å². The summed E-state index contributed by atoms with van der Waals surface area (Å²) >= 11 is 0. The van der Waals surface area contributed by atoms with Gasteiger partial charge in [-0.15, -0.1) is 0 Å². The third-order valence-corrected chi connectivity index (χ3v) is 6.65. The Bertz CT molecular complexity index is 790. The van der Waals surface area contributed by atoms with Crippen molar-refractivity contribution in [3.63, 3.8) is 0 Å². The van der Waals surface area contributed by atoms with E-state index in [9.17, 15) is 8.42 Å². The van der Waals surface area contributed by atoms with E-state index in [0.717, 1.165) is 12.8 Å². The quantitative estimate of drug-likeness (QED) is 0.771. The van der Waals surface area contributed by atoms with E-state index in [1.54, 1.807) is 27.0 Å². The van der Waals surface area contributed by atoms with Crippen LogP contribution in [0.2, 0.25) is 0 Å².